The maximum absolute atomic E-state index is 8.06. The smallest absolute Gasteiger partial charge is 0.0483 e. The first-order valence-corrected chi connectivity index (χ1v) is 3.33. The van der Waals surface area contributed by atoms with Gasteiger partial charge in [0.05, 0.1) is 0 Å². The van der Waals surface area contributed by atoms with Crippen molar-refractivity contribution in [1.82, 2.24) is 0 Å². The Morgan fingerprint density at radius 3 is 0.818 bits per heavy atom. The predicted octanol–water partition coefficient (Wildman–Crippen LogP) is 1.57. The van der Waals surface area contributed by atoms with Crippen molar-refractivity contribution in [3.05, 3.63) is 13.2 Å². The Labute approximate surface area is 85.2 Å². The van der Waals surface area contributed by atoms with Crippen molar-refractivity contribution in [3.8, 4) is 0 Å². The molecule has 0 unspecified atom stereocenters. The fourth-order valence-electron chi connectivity index (χ4n) is 0. The molecule has 0 aliphatic carbocycles. The SMILES string of the molecule is C=C.CC(C)O.CC(C)O.[Ti]. The van der Waals surface area contributed by atoms with Crippen LogP contribution in [0.5, 0.6) is 0 Å². The second-order valence-electron chi connectivity index (χ2n) is 2.19. The molecule has 0 atom stereocenters. The van der Waals surface area contributed by atoms with Gasteiger partial charge in [0.15, 0.2) is 0 Å². The molecule has 0 heterocycles. The number of hydrogen-bond acceptors (Lipinski definition) is 2. The summed E-state index contributed by atoms with van der Waals surface area (Å²) >= 11 is 0. The second kappa shape index (κ2) is 22.4. The summed E-state index contributed by atoms with van der Waals surface area (Å²) in [7, 11) is 0. The van der Waals surface area contributed by atoms with Gasteiger partial charge in [-0.15, -0.1) is 13.2 Å². The molecule has 2 nitrogen and oxygen atoms in total. The first-order chi connectivity index (χ1) is 4.46. The van der Waals surface area contributed by atoms with Gasteiger partial charge in [0.1, 0.15) is 0 Å². The van der Waals surface area contributed by atoms with Crippen LogP contribution in [-0.2, 0) is 21.7 Å². The molecule has 0 spiro atoms. The van der Waals surface area contributed by atoms with E-state index in [9.17, 15) is 0 Å². The molecule has 0 saturated carbocycles. The Morgan fingerprint density at radius 1 is 0.818 bits per heavy atom. The Hall–Kier alpha value is 0.374. The zero-order valence-corrected chi connectivity index (χ0v) is 9.52. The van der Waals surface area contributed by atoms with Gasteiger partial charge in [-0.25, -0.2) is 0 Å². The molecule has 0 aliphatic heterocycles. The van der Waals surface area contributed by atoms with Crippen LogP contribution in [0.25, 0.3) is 0 Å². The van der Waals surface area contributed by atoms with Crippen molar-refractivity contribution in [2.75, 3.05) is 0 Å². The van der Waals surface area contributed by atoms with E-state index >= 15 is 0 Å². The summed E-state index contributed by atoms with van der Waals surface area (Å²) in [5.41, 5.74) is 0. The van der Waals surface area contributed by atoms with E-state index in [1.807, 2.05) is 0 Å². The molecular weight excluding hydrogens is 176 g/mol. The Morgan fingerprint density at radius 2 is 0.818 bits per heavy atom. The molecule has 0 amide bonds. The average Bonchev–Trinajstić information content (AvgIpc) is 1.66. The van der Waals surface area contributed by atoms with E-state index < -0.39 is 0 Å². The van der Waals surface area contributed by atoms with Crippen LogP contribution in [0.4, 0.5) is 0 Å². The number of aliphatic hydroxyl groups is 2. The summed E-state index contributed by atoms with van der Waals surface area (Å²) in [6.45, 7) is 12.9. The largest absolute Gasteiger partial charge is 0.394 e. The molecule has 3 heteroatoms. The van der Waals surface area contributed by atoms with Crippen molar-refractivity contribution < 1.29 is 31.9 Å². The van der Waals surface area contributed by atoms with E-state index in [4.69, 9.17) is 10.2 Å². The molecule has 0 saturated heterocycles. The maximum atomic E-state index is 8.06. The van der Waals surface area contributed by atoms with Gasteiger partial charge in [0.2, 0.25) is 0 Å². The molecule has 0 aliphatic rings. The molecule has 2 N–H and O–H groups in total. The summed E-state index contributed by atoms with van der Waals surface area (Å²) in [6.07, 6.45) is -0.333. The zero-order valence-electron chi connectivity index (χ0n) is 7.96. The standard InChI is InChI=1S/2C3H8O.C2H4.Ti/c2*1-3(2)4;1-2;/h2*3-4H,1-2H3;1-2H2;. The van der Waals surface area contributed by atoms with Crippen LogP contribution >= 0.6 is 0 Å². The molecule has 0 aromatic rings. The Kier molecular flexibility index (Phi) is 45.9. The van der Waals surface area contributed by atoms with Gasteiger partial charge in [0, 0.05) is 33.9 Å². The zero-order chi connectivity index (χ0) is 9.15. The number of rotatable bonds is 0. The van der Waals surface area contributed by atoms with Crippen LogP contribution in [0.1, 0.15) is 27.7 Å². The third-order valence-electron chi connectivity index (χ3n) is 0. The van der Waals surface area contributed by atoms with Crippen molar-refractivity contribution in [1.29, 1.82) is 0 Å². The molecule has 0 aromatic heterocycles. The first-order valence-electron chi connectivity index (χ1n) is 3.33. The second-order valence-corrected chi connectivity index (χ2v) is 2.19. The van der Waals surface area contributed by atoms with Gasteiger partial charge < -0.3 is 10.2 Å². The van der Waals surface area contributed by atoms with E-state index in [-0.39, 0.29) is 33.9 Å². The minimum atomic E-state index is -0.167. The van der Waals surface area contributed by atoms with E-state index in [1.54, 1.807) is 27.7 Å². The normalized spacial score (nSPS) is 6.91. The predicted molar refractivity (Wildman–Crippen MR) is 46.0 cm³/mol. The Bertz CT molecular complexity index is 35.8. The van der Waals surface area contributed by atoms with Crippen LogP contribution in [0.15, 0.2) is 13.2 Å². The summed E-state index contributed by atoms with van der Waals surface area (Å²) < 4.78 is 0. The van der Waals surface area contributed by atoms with Gasteiger partial charge >= 0.3 is 0 Å². The number of hydrogen-bond donors (Lipinski definition) is 2. The molecule has 68 valence electrons. The molecule has 0 aromatic carbocycles. The minimum Gasteiger partial charge on any atom is -0.394 e. The molecule has 11 heavy (non-hydrogen) atoms. The summed E-state index contributed by atoms with van der Waals surface area (Å²) in [5.74, 6) is 0. The van der Waals surface area contributed by atoms with Crippen molar-refractivity contribution in [2.45, 2.75) is 39.9 Å². The molecule has 0 rings (SSSR count). The Balaban J connectivity index is -0.0000000339. The quantitative estimate of drug-likeness (QED) is 0.456. The van der Waals surface area contributed by atoms with Crippen LogP contribution in [0.3, 0.4) is 0 Å². The summed E-state index contributed by atoms with van der Waals surface area (Å²) in [5, 5.41) is 16.1. The fourth-order valence-corrected chi connectivity index (χ4v) is 0. The van der Waals surface area contributed by atoms with Crippen LogP contribution < -0.4 is 0 Å². The van der Waals surface area contributed by atoms with Gasteiger partial charge in [-0.1, -0.05) is 0 Å². The topological polar surface area (TPSA) is 40.5 Å². The molecular formula is C8H20O2Ti. The third kappa shape index (κ3) is 5190. The monoisotopic (exact) mass is 196 g/mol. The van der Waals surface area contributed by atoms with Crippen LogP contribution in [-0.4, -0.2) is 22.4 Å². The van der Waals surface area contributed by atoms with Gasteiger partial charge in [-0.2, -0.15) is 0 Å². The van der Waals surface area contributed by atoms with Crippen molar-refractivity contribution in [3.63, 3.8) is 0 Å². The van der Waals surface area contributed by atoms with E-state index in [0.717, 1.165) is 0 Å². The molecule has 0 fully saturated rings. The maximum Gasteiger partial charge on any atom is 0.0483 e. The number of aliphatic hydroxyl groups excluding tert-OH is 2. The summed E-state index contributed by atoms with van der Waals surface area (Å²) in [6, 6.07) is 0. The molecule has 0 radical (unpaired) electrons. The van der Waals surface area contributed by atoms with E-state index in [1.165, 1.54) is 0 Å². The van der Waals surface area contributed by atoms with Gasteiger partial charge in [-0.3, -0.25) is 0 Å². The van der Waals surface area contributed by atoms with E-state index in [0.29, 0.717) is 0 Å². The van der Waals surface area contributed by atoms with Gasteiger partial charge in [-0.05, 0) is 27.7 Å². The van der Waals surface area contributed by atoms with Crippen LogP contribution in [0.2, 0.25) is 0 Å². The fraction of sp³-hybridized carbons (Fsp3) is 0.750. The van der Waals surface area contributed by atoms with Gasteiger partial charge in [0.25, 0.3) is 0 Å². The van der Waals surface area contributed by atoms with Crippen molar-refractivity contribution in [2.24, 2.45) is 0 Å². The van der Waals surface area contributed by atoms with E-state index in [2.05, 4.69) is 13.2 Å². The summed E-state index contributed by atoms with van der Waals surface area (Å²) in [4.78, 5) is 0. The first kappa shape index (κ1) is 22.5. The van der Waals surface area contributed by atoms with Crippen LogP contribution in [0, 0.1) is 0 Å². The molecule has 0 bridgehead atoms. The van der Waals surface area contributed by atoms with Crippen molar-refractivity contribution >= 4 is 0 Å². The minimum absolute atomic E-state index is 0. The average molecular weight is 196 g/mol. The third-order valence-corrected chi connectivity index (χ3v) is 0.